The molecule has 2 aromatic rings. The molecule has 2 rings (SSSR count). The molecule has 0 heterocycles. The van der Waals surface area contributed by atoms with Gasteiger partial charge in [-0.3, -0.25) is 0 Å². The summed E-state index contributed by atoms with van der Waals surface area (Å²) in [6, 6.07) is 16.7. The SMILES string of the molecule is CC(Nc1ccccc1Cc1ccccc1)C(F)F. The van der Waals surface area contributed by atoms with Crippen molar-refractivity contribution in [1.82, 2.24) is 0 Å². The average Bonchev–Trinajstić information content (AvgIpc) is 2.42. The molecule has 1 nitrogen and oxygen atoms in total. The normalized spacial score (nSPS) is 12.4. The molecule has 2 aromatic carbocycles. The Morgan fingerprint density at radius 3 is 2.26 bits per heavy atom. The lowest BCUT2D eigenvalue weighted by Crippen LogP contribution is -2.24. The standard InChI is InChI=1S/C16H17F2N/c1-12(16(17)18)19-15-10-6-5-9-14(15)11-13-7-3-2-4-8-13/h2-10,12,16,19H,11H2,1H3. The van der Waals surface area contributed by atoms with Gasteiger partial charge in [-0.05, 0) is 30.5 Å². The highest BCUT2D eigenvalue weighted by Crippen LogP contribution is 2.21. The van der Waals surface area contributed by atoms with Crippen LogP contribution in [0.1, 0.15) is 18.1 Å². The molecule has 0 bridgehead atoms. The third-order valence-electron chi connectivity index (χ3n) is 3.02. The van der Waals surface area contributed by atoms with Crippen LogP contribution in [0.15, 0.2) is 54.6 Å². The zero-order chi connectivity index (χ0) is 13.7. The number of nitrogens with one attached hydrogen (secondary N) is 1. The minimum absolute atomic E-state index is 0.736. The molecule has 1 N–H and O–H groups in total. The lowest BCUT2D eigenvalue weighted by Gasteiger charge is -2.17. The molecule has 0 saturated carbocycles. The van der Waals surface area contributed by atoms with Gasteiger partial charge in [0.15, 0.2) is 0 Å². The van der Waals surface area contributed by atoms with E-state index in [1.54, 1.807) is 0 Å². The van der Waals surface area contributed by atoms with Crippen LogP contribution in [-0.4, -0.2) is 12.5 Å². The number of halogens is 2. The lowest BCUT2D eigenvalue weighted by atomic mass is 10.0. The number of benzene rings is 2. The van der Waals surface area contributed by atoms with Gasteiger partial charge in [0.1, 0.15) is 0 Å². The highest BCUT2D eigenvalue weighted by molar-refractivity contribution is 5.53. The van der Waals surface area contributed by atoms with Crippen molar-refractivity contribution in [2.45, 2.75) is 25.8 Å². The molecule has 0 amide bonds. The average molecular weight is 261 g/mol. The second-order valence-corrected chi connectivity index (χ2v) is 4.59. The van der Waals surface area contributed by atoms with Gasteiger partial charge in [0.2, 0.25) is 0 Å². The molecule has 0 aliphatic rings. The van der Waals surface area contributed by atoms with Crippen molar-refractivity contribution in [3.8, 4) is 0 Å². The first kappa shape index (κ1) is 13.5. The number of hydrogen-bond donors (Lipinski definition) is 1. The molecule has 19 heavy (non-hydrogen) atoms. The predicted octanol–water partition coefficient (Wildman–Crippen LogP) is 4.34. The second-order valence-electron chi connectivity index (χ2n) is 4.59. The van der Waals surface area contributed by atoms with Crippen molar-refractivity contribution < 1.29 is 8.78 Å². The van der Waals surface area contributed by atoms with E-state index in [9.17, 15) is 8.78 Å². The van der Waals surface area contributed by atoms with E-state index in [2.05, 4.69) is 5.32 Å². The molecular formula is C16H17F2N. The Kier molecular flexibility index (Phi) is 4.50. The van der Waals surface area contributed by atoms with Gasteiger partial charge >= 0.3 is 0 Å². The van der Waals surface area contributed by atoms with Gasteiger partial charge in [0, 0.05) is 5.69 Å². The summed E-state index contributed by atoms with van der Waals surface area (Å²) in [4.78, 5) is 0. The molecular weight excluding hydrogens is 244 g/mol. The van der Waals surface area contributed by atoms with Crippen molar-refractivity contribution in [2.24, 2.45) is 0 Å². The number of hydrogen-bond acceptors (Lipinski definition) is 1. The van der Waals surface area contributed by atoms with Crippen molar-refractivity contribution in [3.63, 3.8) is 0 Å². The maximum absolute atomic E-state index is 12.6. The zero-order valence-corrected chi connectivity index (χ0v) is 10.8. The van der Waals surface area contributed by atoms with Crippen LogP contribution in [0.2, 0.25) is 0 Å². The topological polar surface area (TPSA) is 12.0 Å². The van der Waals surface area contributed by atoms with Gasteiger partial charge in [-0.2, -0.15) is 0 Å². The minimum Gasteiger partial charge on any atom is -0.377 e. The van der Waals surface area contributed by atoms with E-state index < -0.39 is 12.5 Å². The van der Waals surface area contributed by atoms with E-state index in [0.29, 0.717) is 0 Å². The van der Waals surface area contributed by atoms with E-state index in [-0.39, 0.29) is 0 Å². The van der Waals surface area contributed by atoms with Crippen molar-refractivity contribution in [1.29, 1.82) is 0 Å². The van der Waals surface area contributed by atoms with Crippen LogP contribution in [0, 0.1) is 0 Å². The summed E-state index contributed by atoms with van der Waals surface area (Å²) < 4.78 is 25.2. The van der Waals surface area contributed by atoms with E-state index >= 15 is 0 Å². The summed E-state index contributed by atoms with van der Waals surface area (Å²) in [5.74, 6) is 0. The van der Waals surface area contributed by atoms with E-state index in [1.807, 2.05) is 54.6 Å². The van der Waals surface area contributed by atoms with Gasteiger partial charge in [-0.15, -0.1) is 0 Å². The molecule has 0 radical (unpaired) electrons. The molecule has 3 heteroatoms. The van der Waals surface area contributed by atoms with Crippen LogP contribution in [0.4, 0.5) is 14.5 Å². The quantitative estimate of drug-likeness (QED) is 0.844. The summed E-state index contributed by atoms with van der Waals surface area (Å²) in [6.45, 7) is 1.49. The molecule has 1 unspecified atom stereocenters. The van der Waals surface area contributed by atoms with E-state index in [1.165, 1.54) is 12.5 Å². The Labute approximate surface area is 112 Å². The Morgan fingerprint density at radius 1 is 0.947 bits per heavy atom. The summed E-state index contributed by atoms with van der Waals surface area (Å²) in [5, 5.41) is 2.88. The van der Waals surface area contributed by atoms with Gasteiger partial charge in [-0.1, -0.05) is 48.5 Å². The molecule has 0 aliphatic carbocycles. The molecule has 0 aromatic heterocycles. The van der Waals surface area contributed by atoms with Crippen molar-refractivity contribution in [3.05, 3.63) is 65.7 Å². The maximum atomic E-state index is 12.6. The zero-order valence-electron chi connectivity index (χ0n) is 10.8. The van der Waals surface area contributed by atoms with Crippen LogP contribution >= 0.6 is 0 Å². The highest BCUT2D eigenvalue weighted by Gasteiger charge is 2.15. The number of anilines is 1. The molecule has 100 valence electrons. The van der Waals surface area contributed by atoms with Gasteiger partial charge < -0.3 is 5.32 Å². The Hall–Kier alpha value is -1.90. The minimum atomic E-state index is -2.37. The lowest BCUT2D eigenvalue weighted by molar-refractivity contribution is 0.130. The predicted molar refractivity (Wildman–Crippen MR) is 74.8 cm³/mol. The van der Waals surface area contributed by atoms with Crippen LogP contribution in [0.3, 0.4) is 0 Å². The number of para-hydroxylation sites is 1. The van der Waals surface area contributed by atoms with Gasteiger partial charge in [0.05, 0.1) is 6.04 Å². The Morgan fingerprint density at radius 2 is 1.58 bits per heavy atom. The first-order valence-corrected chi connectivity index (χ1v) is 6.33. The van der Waals surface area contributed by atoms with Gasteiger partial charge in [-0.25, -0.2) is 8.78 Å². The Balaban J connectivity index is 2.17. The van der Waals surface area contributed by atoms with Crippen LogP contribution in [0.5, 0.6) is 0 Å². The third-order valence-corrected chi connectivity index (χ3v) is 3.02. The summed E-state index contributed by atoms with van der Waals surface area (Å²) in [6.07, 6.45) is -1.63. The van der Waals surface area contributed by atoms with Gasteiger partial charge in [0.25, 0.3) is 6.43 Å². The van der Waals surface area contributed by atoms with E-state index in [0.717, 1.165) is 17.7 Å². The first-order valence-electron chi connectivity index (χ1n) is 6.33. The molecule has 0 fully saturated rings. The fourth-order valence-electron chi connectivity index (χ4n) is 1.94. The summed E-state index contributed by atoms with van der Waals surface area (Å²) in [5.41, 5.74) is 2.97. The van der Waals surface area contributed by atoms with Crippen LogP contribution in [0.25, 0.3) is 0 Å². The first-order chi connectivity index (χ1) is 9.16. The van der Waals surface area contributed by atoms with Crippen molar-refractivity contribution in [2.75, 3.05) is 5.32 Å². The number of rotatable bonds is 5. The fourth-order valence-corrected chi connectivity index (χ4v) is 1.94. The van der Waals surface area contributed by atoms with Crippen molar-refractivity contribution >= 4 is 5.69 Å². The van der Waals surface area contributed by atoms with E-state index in [4.69, 9.17) is 0 Å². The maximum Gasteiger partial charge on any atom is 0.258 e. The monoisotopic (exact) mass is 261 g/mol. The van der Waals surface area contributed by atoms with Crippen LogP contribution < -0.4 is 5.32 Å². The molecule has 0 aliphatic heterocycles. The number of alkyl halides is 2. The molecule has 0 saturated heterocycles. The third kappa shape index (κ3) is 3.78. The summed E-state index contributed by atoms with van der Waals surface area (Å²) in [7, 11) is 0. The fraction of sp³-hybridized carbons (Fsp3) is 0.250. The highest BCUT2D eigenvalue weighted by atomic mass is 19.3. The second kappa shape index (κ2) is 6.32. The van der Waals surface area contributed by atoms with Crippen LogP contribution in [-0.2, 0) is 6.42 Å². The largest absolute Gasteiger partial charge is 0.377 e. The summed E-state index contributed by atoms with van der Waals surface area (Å²) >= 11 is 0. The smallest absolute Gasteiger partial charge is 0.258 e. The molecule has 0 spiro atoms. The molecule has 1 atom stereocenters. The Bertz CT molecular complexity index is 511.